The third-order valence-electron chi connectivity index (χ3n) is 6.09. The Bertz CT molecular complexity index is 1540. The van der Waals surface area contributed by atoms with E-state index in [0.717, 1.165) is 39.6 Å². The number of fused-ring (bicyclic) bond motifs is 2. The first kappa shape index (κ1) is 21.6. The Labute approximate surface area is 198 Å². The number of rotatable bonds is 4. The predicted molar refractivity (Wildman–Crippen MR) is 134 cm³/mol. The maximum atomic E-state index is 12.4. The van der Waals surface area contributed by atoms with Crippen LogP contribution in [0.3, 0.4) is 0 Å². The maximum absolute atomic E-state index is 12.4. The summed E-state index contributed by atoms with van der Waals surface area (Å²) in [5.41, 5.74) is 7.33. The molecule has 5 rings (SSSR count). The van der Waals surface area contributed by atoms with E-state index in [1.807, 2.05) is 61.0 Å². The lowest BCUT2D eigenvalue weighted by atomic mass is 10.0. The SMILES string of the molecule is CNC(C)C(=O)Nc1ccc(-c2c(C)nc3ccccn23)c(C#CC2=[N+](C)c3ccccc32)n1. The third-order valence-corrected chi connectivity index (χ3v) is 6.09. The molecular formula is C27H25N6O+. The molecule has 1 unspecified atom stereocenters. The molecule has 0 radical (unpaired) electrons. The summed E-state index contributed by atoms with van der Waals surface area (Å²) in [7, 11) is 3.75. The number of imidazole rings is 1. The number of nitrogens with one attached hydrogen (secondary N) is 2. The number of carbonyl (C=O) groups excluding carboxylic acids is 1. The van der Waals surface area contributed by atoms with Crippen molar-refractivity contribution >= 4 is 28.8 Å². The Hall–Kier alpha value is -4.28. The number of para-hydroxylation sites is 1. The van der Waals surface area contributed by atoms with Crippen molar-refractivity contribution in [3.05, 3.63) is 77.7 Å². The molecule has 0 fully saturated rings. The number of pyridine rings is 2. The molecule has 1 aliphatic rings. The predicted octanol–water partition coefficient (Wildman–Crippen LogP) is 3.38. The van der Waals surface area contributed by atoms with E-state index in [0.29, 0.717) is 11.5 Å². The number of amides is 1. The molecule has 34 heavy (non-hydrogen) atoms. The van der Waals surface area contributed by atoms with E-state index in [1.54, 1.807) is 20.0 Å². The van der Waals surface area contributed by atoms with Crippen molar-refractivity contribution in [3.63, 3.8) is 0 Å². The summed E-state index contributed by atoms with van der Waals surface area (Å²) >= 11 is 0. The normalized spacial score (nSPS) is 13.1. The first-order valence-corrected chi connectivity index (χ1v) is 11.1. The minimum Gasteiger partial charge on any atom is -0.309 e. The molecule has 0 saturated carbocycles. The van der Waals surface area contributed by atoms with Gasteiger partial charge in [0.2, 0.25) is 11.6 Å². The Kier molecular flexibility index (Phi) is 5.44. The van der Waals surface area contributed by atoms with E-state index in [2.05, 4.69) is 39.2 Å². The topological polar surface area (TPSA) is 74.3 Å². The van der Waals surface area contributed by atoms with Gasteiger partial charge in [-0.3, -0.25) is 9.20 Å². The molecule has 0 aliphatic carbocycles. The average Bonchev–Trinajstić information content (AvgIpc) is 3.19. The van der Waals surface area contributed by atoms with Gasteiger partial charge in [0.15, 0.2) is 0 Å². The molecule has 1 amide bonds. The van der Waals surface area contributed by atoms with E-state index in [1.165, 1.54) is 0 Å². The van der Waals surface area contributed by atoms with Gasteiger partial charge in [0.05, 0.1) is 17.4 Å². The lowest BCUT2D eigenvalue weighted by Gasteiger charge is -2.13. The lowest BCUT2D eigenvalue weighted by Crippen LogP contribution is -2.35. The summed E-state index contributed by atoms with van der Waals surface area (Å²) in [6.07, 6.45) is 1.98. The fourth-order valence-corrected chi connectivity index (χ4v) is 4.10. The van der Waals surface area contributed by atoms with Crippen LogP contribution >= 0.6 is 0 Å². The van der Waals surface area contributed by atoms with Gasteiger partial charge in [-0.1, -0.05) is 18.2 Å². The van der Waals surface area contributed by atoms with Crippen molar-refractivity contribution in [3.8, 4) is 23.1 Å². The smallest absolute Gasteiger partial charge is 0.271 e. The number of aromatic nitrogens is 3. The van der Waals surface area contributed by atoms with Gasteiger partial charge in [-0.2, -0.15) is 4.58 Å². The highest BCUT2D eigenvalue weighted by molar-refractivity contribution is 6.16. The Morgan fingerprint density at radius 3 is 2.65 bits per heavy atom. The van der Waals surface area contributed by atoms with E-state index >= 15 is 0 Å². The van der Waals surface area contributed by atoms with Gasteiger partial charge >= 0.3 is 0 Å². The molecule has 0 saturated heterocycles. The van der Waals surface area contributed by atoms with Crippen LogP contribution in [0.2, 0.25) is 0 Å². The summed E-state index contributed by atoms with van der Waals surface area (Å²) in [6, 6.07) is 17.5. The van der Waals surface area contributed by atoms with Crippen LogP contribution < -0.4 is 10.6 Å². The lowest BCUT2D eigenvalue weighted by molar-refractivity contribution is -0.415. The van der Waals surface area contributed by atoms with Gasteiger partial charge in [-0.25, -0.2) is 9.97 Å². The molecule has 3 aromatic heterocycles. The van der Waals surface area contributed by atoms with Gasteiger partial charge in [0, 0.05) is 23.7 Å². The van der Waals surface area contributed by atoms with Crippen molar-refractivity contribution in [2.45, 2.75) is 19.9 Å². The van der Waals surface area contributed by atoms with Crippen molar-refractivity contribution in [1.82, 2.24) is 19.7 Å². The zero-order chi connectivity index (χ0) is 23.8. The molecule has 1 aliphatic heterocycles. The van der Waals surface area contributed by atoms with Crippen LogP contribution in [0.25, 0.3) is 16.9 Å². The van der Waals surface area contributed by atoms with Crippen molar-refractivity contribution in [2.24, 2.45) is 0 Å². The molecule has 4 heterocycles. The molecule has 0 spiro atoms. The number of nitrogens with zero attached hydrogens (tertiary/aromatic N) is 4. The molecule has 2 N–H and O–H groups in total. The van der Waals surface area contributed by atoms with Gasteiger partial charge in [0.25, 0.3) is 5.71 Å². The second-order valence-corrected chi connectivity index (χ2v) is 8.24. The summed E-state index contributed by atoms with van der Waals surface area (Å²) in [5.74, 6) is 6.88. The van der Waals surface area contributed by atoms with Crippen molar-refractivity contribution in [1.29, 1.82) is 0 Å². The number of anilines is 1. The minimum atomic E-state index is -0.340. The van der Waals surface area contributed by atoms with Gasteiger partial charge < -0.3 is 10.6 Å². The van der Waals surface area contributed by atoms with Crippen LogP contribution in [-0.2, 0) is 4.79 Å². The first-order chi connectivity index (χ1) is 16.5. The highest BCUT2D eigenvalue weighted by Crippen LogP contribution is 2.29. The van der Waals surface area contributed by atoms with Crippen LogP contribution in [0.15, 0.2) is 60.8 Å². The third kappa shape index (κ3) is 3.64. The fourth-order valence-electron chi connectivity index (χ4n) is 4.10. The van der Waals surface area contributed by atoms with Crippen molar-refractivity contribution < 1.29 is 9.37 Å². The highest BCUT2D eigenvalue weighted by Gasteiger charge is 2.31. The summed E-state index contributed by atoms with van der Waals surface area (Å²) in [4.78, 5) is 21.9. The maximum Gasteiger partial charge on any atom is 0.271 e. The molecule has 4 aromatic rings. The van der Waals surface area contributed by atoms with Crippen LogP contribution in [0.5, 0.6) is 0 Å². The summed E-state index contributed by atoms with van der Waals surface area (Å²) < 4.78 is 4.11. The van der Waals surface area contributed by atoms with Gasteiger partial charge in [-0.15, -0.1) is 0 Å². The second kappa shape index (κ2) is 8.58. The molecule has 7 heteroatoms. The summed E-state index contributed by atoms with van der Waals surface area (Å²) in [5, 5.41) is 5.82. The van der Waals surface area contributed by atoms with Crippen LogP contribution in [0.4, 0.5) is 11.5 Å². The Morgan fingerprint density at radius 2 is 1.82 bits per heavy atom. The summed E-state index contributed by atoms with van der Waals surface area (Å²) in [6.45, 7) is 3.78. The zero-order valence-electron chi connectivity index (χ0n) is 19.5. The zero-order valence-corrected chi connectivity index (χ0v) is 19.5. The number of benzene rings is 1. The molecule has 7 nitrogen and oxygen atoms in total. The average molecular weight is 450 g/mol. The fraction of sp³-hybridized carbons (Fsp3) is 0.185. The first-order valence-electron chi connectivity index (χ1n) is 11.1. The van der Waals surface area contributed by atoms with Crippen LogP contribution in [0, 0.1) is 18.8 Å². The largest absolute Gasteiger partial charge is 0.309 e. The van der Waals surface area contributed by atoms with Crippen molar-refractivity contribution in [2.75, 3.05) is 19.4 Å². The standard InChI is InChI=1S/C27H24N6O/c1-17-26(33-16-8-7-11-25(33)29-17)19-12-15-24(31-27(34)18(2)28-3)30-21(19)13-14-23-20-9-5-6-10-22(20)32(23)4/h5-12,15-16,18,28H,1-4H3/p+1. The molecule has 1 atom stereocenters. The molecule has 0 bridgehead atoms. The van der Waals surface area contributed by atoms with Gasteiger partial charge in [0.1, 0.15) is 29.8 Å². The molecular weight excluding hydrogens is 424 g/mol. The van der Waals surface area contributed by atoms with E-state index in [9.17, 15) is 4.79 Å². The number of likely N-dealkylation sites (N-methyl/N-ethyl adjacent to an activating group) is 1. The number of carbonyl (C=O) groups is 1. The highest BCUT2D eigenvalue weighted by atomic mass is 16.2. The second-order valence-electron chi connectivity index (χ2n) is 8.24. The number of hydrogen-bond donors (Lipinski definition) is 2. The Balaban J connectivity index is 1.62. The van der Waals surface area contributed by atoms with Crippen LogP contribution in [-0.4, -0.2) is 50.7 Å². The number of hydrogen-bond acceptors (Lipinski definition) is 4. The minimum absolute atomic E-state index is 0.158. The molecule has 1 aromatic carbocycles. The number of aryl methyl sites for hydroxylation is 1. The quantitative estimate of drug-likeness (QED) is 0.370. The van der Waals surface area contributed by atoms with E-state index in [-0.39, 0.29) is 11.9 Å². The molecule has 168 valence electrons. The Morgan fingerprint density at radius 1 is 1.03 bits per heavy atom. The van der Waals surface area contributed by atoms with E-state index < -0.39 is 0 Å². The van der Waals surface area contributed by atoms with Crippen LogP contribution in [0.1, 0.15) is 23.9 Å². The monoisotopic (exact) mass is 449 g/mol. The van der Waals surface area contributed by atoms with Gasteiger partial charge in [-0.05, 0) is 57.1 Å². The van der Waals surface area contributed by atoms with E-state index in [4.69, 9.17) is 9.97 Å².